The Morgan fingerprint density at radius 1 is 1.50 bits per heavy atom. The second kappa shape index (κ2) is 5.68. The van der Waals surface area contributed by atoms with E-state index in [1.807, 2.05) is 0 Å². The first-order valence-electron chi connectivity index (χ1n) is 4.93. The third-order valence-corrected chi connectivity index (χ3v) is 4.42. The van der Waals surface area contributed by atoms with Gasteiger partial charge in [0.1, 0.15) is 6.04 Å². The summed E-state index contributed by atoms with van der Waals surface area (Å²) in [5.41, 5.74) is 5.90. The maximum absolute atomic E-state index is 11.9. The molecule has 0 aliphatic carbocycles. The lowest BCUT2D eigenvalue weighted by Gasteiger charge is -2.12. The van der Waals surface area contributed by atoms with Crippen LogP contribution in [0.1, 0.15) is 6.92 Å². The Morgan fingerprint density at radius 3 is 2.61 bits per heavy atom. The van der Waals surface area contributed by atoms with Gasteiger partial charge >= 0.3 is 5.97 Å². The smallest absolute Gasteiger partial charge is 0.323 e. The lowest BCUT2D eigenvalue weighted by molar-refractivity contribution is -0.142. The van der Waals surface area contributed by atoms with Gasteiger partial charge in [0.2, 0.25) is 10.0 Å². The molecule has 1 rings (SSSR count). The first kappa shape index (κ1) is 14.9. The van der Waals surface area contributed by atoms with Crippen LogP contribution in [0, 0.1) is 0 Å². The van der Waals surface area contributed by atoms with Gasteiger partial charge in [-0.1, -0.05) is 0 Å². The van der Waals surface area contributed by atoms with Crippen LogP contribution in [0.2, 0.25) is 0 Å². The average molecular weight is 337 g/mol. The van der Waals surface area contributed by atoms with E-state index in [1.165, 1.54) is 32.2 Å². The number of esters is 1. The SMILES string of the molecule is COC(=O)C(C)NS(=O)(=O)c1ccc(Br)c(N)c1. The molecule has 0 saturated carbocycles. The second-order valence-corrected chi connectivity index (χ2v) is 6.12. The molecule has 1 aromatic rings. The number of nitrogens with two attached hydrogens (primary N) is 1. The topological polar surface area (TPSA) is 98.5 Å². The summed E-state index contributed by atoms with van der Waals surface area (Å²) in [4.78, 5) is 11.1. The van der Waals surface area contributed by atoms with Crippen LogP contribution in [0.4, 0.5) is 5.69 Å². The number of carbonyl (C=O) groups excluding carboxylic acids is 1. The van der Waals surface area contributed by atoms with Gasteiger partial charge in [0.15, 0.2) is 0 Å². The molecule has 0 spiro atoms. The zero-order valence-electron chi connectivity index (χ0n) is 9.81. The van der Waals surface area contributed by atoms with E-state index >= 15 is 0 Å². The minimum atomic E-state index is -3.81. The summed E-state index contributed by atoms with van der Waals surface area (Å²) < 4.78 is 31.1. The Morgan fingerprint density at radius 2 is 2.11 bits per heavy atom. The highest BCUT2D eigenvalue weighted by molar-refractivity contribution is 9.10. The van der Waals surface area contributed by atoms with E-state index in [-0.39, 0.29) is 4.90 Å². The Kier molecular flexibility index (Phi) is 4.71. The van der Waals surface area contributed by atoms with Gasteiger partial charge in [0.25, 0.3) is 0 Å². The zero-order chi connectivity index (χ0) is 13.9. The van der Waals surface area contributed by atoms with Crippen molar-refractivity contribution in [3.63, 3.8) is 0 Å². The number of ether oxygens (including phenoxy) is 1. The van der Waals surface area contributed by atoms with Crippen LogP contribution >= 0.6 is 15.9 Å². The highest BCUT2D eigenvalue weighted by Gasteiger charge is 2.22. The maximum Gasteiger partial charge on any atom is 0.323 e. The highest BCUT2D eigenvalue weighted by atomic mass is 79.9. The van der Waals surface area contributed by atoms with E-state index < -0.39 is 22.0 Å². The third kappa shape index (κ3) is 3.44. The first-order valence-corrected chi connectivity index (χ1v) is 7.20. The minimum Gasteiger partial charge on any atom is -0.468 e. The quantitative estimate of drug-likeness (QED) is 0.628. The summed E-state index contributed by atoms with van der Waals surface area (Å²) in [7, 11) is -2.62. The maximum atomic E-state index is 11.9. The zero-order valence-corrected chi connectivity index (χ0v) is 12.2. The number of anilines is 1. The molecule has 1 aromatic carbocycles. The Bertz CT molecular complexity index is 559. The molecule has 0 heterocycles. The van der Waals surface area contributed by atoms with Gasteiger partial charge < -0.3 is 10.5 Å². The van der Waals surface area contributed by atoms with Crippen molar-refractivity contribution in [1.29, 1.82) is 0 Å². The molecule has 1 atom stereocenters. The van der Waals surface area contributed by atoms with Crippen LogP contribution in [0.25, 0.3) is 0 Å². The molecule has 8 heteroatoms. The van der Waals surface area contributed by atoms with Gasteiger partial charge in [0, 0.05) is 10.2 Å². The van der Waals surface area contributed by atoms with Crippen molar-refractivity contribution >= 4 is 37.6 Å². The van der Waals surface area contributed by atoms with Crippen molar-refractivity contribution in [1.82, 2.24) is 4.72 Å². The van der Waals surface area contributed by atoms with Crippen molar-refractivity contribution in [3.05, 3.63) is 22.7 Å². The molecule has 0 aliphatic rings. The predicted octanol–water partition coefficient (Wildman–Crippen LogP) is 0.871. The van der Waals surface area contributed by atoms with Crippen molar-refractivity contribution in [2.24, 2.45) is 0 Å². The number of hydrogen-bond acceptors (Lipinski definition) is 5. The van der Waals surface area contributed by atoms with Crippen LogP contribution < -0.4 is 10.5 Å². The van der Waals surface area contributed by atoms with Crippen LogP contribution in [-0.4, -0.2) is 27.5 Å². The molecule has 0 bridgehead atoms. The molecule has 0 aromatic heterocycles. The summed E-state index contributed by atoms with van der Waals surface area (Å²) in [5.74, 6) is -0.663. The van der Waals surface area contributed by atoms with Gasteiger partial charge in [-0.2, -0.15) is 4.72 Å². The lowest BCUT2D eigenvalue weighted by Crippen LogP contribution is -2.39. The van der Waals surface area contributed by atoms with Crippen molar-refractivity contribution in [2.75, 3.05) is 12.8 Å². The molecule has 0 saturated heterocycles. The lowest BCUT2D eigenvalue weighted by atomic mass is 10.3. The molecule has 18 heavy (non-hydrogen) atoms. The fraction of sp³-hybridized carbons (Fsp3) is 0.300. The van der Waals surface area contributed by atoms with Crippen LogP contribution in [-0.2, 0) is 19.6 Å². The van der Waals surface area contributed by atoms with Gasteiger partial charge in [0.05, 0.1) is 12.0 Å². The molecule has 0 radical (unpaired) electrons. The molecule has 1 unspecified atom stereocenters. The number of nitrogen functional groups attached to an aromatic ring is 1. The van der Waals surface area contributed by atoms with Gasteiger partial charge in [-0.15, -0.1) is 0 Å². The minimum absolute atomic E-state index is 0.0149. The number of hydrogen-bond donors (Lipinski definition) is 2. The van der Waals surface area contributed by atoms with E-state index in [0.717, 1.165) is 0 Å². The predicted molar refractivity (Wildman–Crippen MR) is 70.4 cm³/mol. The number of rotatable bonds is 4. The highest BCUT2D eigenvalue weighted by Crippen LogP contribution is 2.22. The summed E-state index contributed by atoms with van der Waals surface area (Å²) in [6.07, 6.45) is 0. The van der Waals surface area contributed by atoms with Gasteiger partial charge in [-0.3, -0.25) is 4.79 Å². The van der Waals surface area contributed by atoms with Crippen LogP contribution in [0.5, 0.6) is 0 Å². The molecule has 0 amide bonds. The first-order chi connectivity index (χ1) is 8.27. The monoisotopic (exact) mass is 336 g/mol. The molecule has 0 fully saturated rings. The molecule has 100 valence electrons. The van der Waals surface area contributed by atoms with Crippen molar-refractivity contribution in [2.45, 2.75) is 17.9 Å². The van der Waals surface area contributed by atoms with E-state index in [4.69, 9.17) is 5.73 Å². The summed E-state index contributed by atoms with van der Waals surface area (Å²) >= 11 is 3.17. The largest absolute Gasteiger partial charge is 0.468 e. The van der Waals surface area contributed by atoms with Gasteiger partial charge in [-0.05, 0) is 41.1 Å². The Hall–Kier alpha value is -1.12. The summed E-state index contributed by atoms with van der Waals surface area (Å²) in [5, 5.41) is 0. The number of halogens is 1. The number of carbonyl (C=O) groups is 1. The molecule has 3 N–H and O–H groups in total. The summed E-state index contributed by atoms with van der Waals surface area (Å²) in [6.45, 7) is 1.39. The third-order valence-electron chi connectivity index (χ3n) is 2.16. The fourth-order valence-electron chi connectivity index (χ4n) is 1.21. The number of methoxy groups -OCH3 is 1. The molecule has 6 nitrogen and oxygen atoms in total. The van der Waals surface area contributed by atoms with E-state index in [1.54, 1.807) is 0 Å². The molecule has 0 aliphatic heterocycles. The number of benzene rings is 1. The average Bonchev–Trinajstić information content (AvgIpc) is 2.30. The summed E-state index contributed by atoms with van der Waals surface area (Å²) in [6, 6.07) is 3.24. The van der Waals surface area contributed by atoms with Crippen molar-refractivity contribution < 1.29 is 17.9 Å². The van der Waals surface area contributed by atoms with Gasteiger partial charge in [-0.25, -0.2) is 8.42 Å². The van der Waals surface area contributed by atoms with Crippen molar-refractivity contribution in [3.8, 4) is 0 Å². The van der Waals surface area contributed by atoms with E-state index in [0.29, 0.717) is 10.2 Å². The van der Waals surface area contributed by atoms with E-state index in [2.05, 4.69) is 25.4 Å². The fourth-order valence-corrected chi connectivity index (χ4v) is 2.69. The van der Waals surface area contributed by atoms with E-state index in [9.17, 15) is 13.2 Å². The Balaban J connectivity index is 3.00. The molecular weight excluding hydrogens is 324 g/mol. The van der Waals surface area contributed by atoms with Crippen LogP contribution in [0.15, 0.2) is 27.6 Å². The normalized spacial score (nSPS) is 13.1. The Labute approximate surface area is 114 Å². The standard InChI is InChI=1S/C10H13BrN2O4S/c1-6(10(14)17-2)13-18(15,16)7-3-4-8(11)9(12)5-7/h3-6,13H,12H2,1-2H3. The number of nitrogens with one attached hydrogen (secondary N) is 1. The molecular formula is C10H13BrN2O4S. The second-order valence-electron chi connectivity index (χ2n) is 3.55. The van der Waals surface area contributed by atoms with Crippen LogP contribution in [0.3, 0.4) is 0 Å². The number of sulfonamides is 1.